The summed E-state index contributed by atoms with van der Waals surface area (Å²) < 4.78 is 33.1. The Morgan fingerprint density at radius 1 is 1.39 bits per heavy atom. The number of hydrogen-bond acceptors (Lipinski definition) is 8. The van der Waals surface area contributed by atoms with Gasteiger partial charge in [-0.2, -0.15) is 9.29 Å². The summed E-state index contributed by atoms with van der Waals surface area (Å²) in [5, 5.41) is 8.86. The van der Waals surface area contributed by atoms with Crippen molar-refractivity contribution in [3.05, 3.63) is 39.2 Å². The molecule has 3 aromatic heterocycles. The molecule has 1 atom stereocenters. The molecule has 4 heterocycles. The SMILES string of the molecule is Cc1nc(-c2cc(S(=O)(=O)N3CCC[C@@H](C(=O)NCCc4cccs4)C3)c(C)s2)no1. The van der Waals surface area contributed by atoms with Crippen LogP contribution in [0.25, 0.3) is 10.7 Å². The first-order valence-electron chi connectivity index (χ1n) is 10.1. The van der Waals surface area contributed by atoms with Gasteiger partial charge >= 0.3 is 0 Å². The normalized spacial score (nSPS) is 17.7. The number of thiophene rings is 2. The second kappa shape index (κ2) is 9.19. The molecule has 0 spiro atoms. The van der Waals surface area contributed by atoms with Crippen molar-refractivity contribution in [2.45, 2.75) is 38.0 Å². The Balaban J connectivity index is 1.43. The van der Waals surface area contributed by atoms with Gasteiger partial charge in [-0.3, -0.25) is 4.79 Å². The number of nitrogens with one attached hydrogen (secondary N) is 1. The van der Waals surface area contributed by atoms with E-state index in [0.717, 1.165) is 6.42 Å². The van der Waals surface area contributed by atoms with Gasteiger partial charge in [0, 0.05) is 36.3 Å². The zero-order chi connectivity index (χ0) is 22.0. The van der Waals surface area contributed by atoms with E-state index < -0.39 is 10.0 Å². The van der Waals surface area contributed by atoms with Gasteiger partial charge in [0.25, 0.3) is 0 Å². The molecule has 1 amide bonds. The van der Waals surface area contributed by atoms with E-state index in [-0.39, 0.29) is 23.3 Å². The number of carbonyl (C=O) groups excluding carboxylic acids is 1. The van der Waals surface area contributed by atoms with Gasteiger partial charge in [-0.25, -0.2) is 8.42 Å². The van der Waals surface area contributed by atoms with Gasteiger partial charge in [0.2, 0.25) is 27.6 Å². The lowest BCUT2D eigenvalue weighted by Gasteiger charge is -2.31. The van der Waals surface area contributed by atoms with Crippen LogP contribution in [0.15, 0.2) is 33.0 Å². The molecule has 0 radical (unpaired) electrons. The number of piperidine rings is 1. The molecule has 8 nitrogen and oxygen atoms in total. The molecule has 1 saturated heterocycles. The topological polar surface area (TPSA) is 105 Å². The predicted molar refractivity (Wildman–Crippen MR) is 120 cm³/mol. The highest BCUT2D eigenvalue weighted by molar-refractivity contribution is 7.89. The fraction of sp³-hybridized carbons (Fsp3) is 0.450. The van der Waals surface area contributed by atoms with Crippen molar-refractivity contribution in [1.82, 2.24) is 19.8 Å². The van der Waals surface area contributed by atoms with Crippen LogP contribution in [-0.2, 0) is 21.2 Å². The van der Waals surface area contributed by atoms with Crippen molar-refractivity contribution < 1.29 is 17.7 Å². The monoisotopic (exact) mass is 480 g/mol. The van der Waals surface area contributed by atoms with Gasteiger partial charge in [-0.05, 0) is 43.7 Å². The average molecular weight is 481 g/mol. The fourth-order valence-electron chi connectivity index (χ4n) is 3.65. The summed E-state index contributed by atoms with van der Waals surface area (Å²) in [4.78, 5) is 19.6. The first-order chi connectivity index (χ1) is 14.8. The van der Waals surface area contributed by atoms with Crippen LogP contribution in [0.1, 0.15) is 28.5 Å². The summed E-state index contributed by atoms with van der Waals surface area (Å²) in [5.41, 5.74) is 0. The summed E-state index contributed by atoms with van der Waals surface area (Å²) in [6, 6.07) is 5.63. The van der Waals surface area contributed by atoms with E-state index in [0.29, 0.717) is 47.4 Å². The van der Waals surface area contributed by atoms with E-state index in [9.17, 15) is 13.2 Å². The molecule has 1 aliphatic heterocycles. The highest BCUT2D eigenvalue weighted by Gasteiger charge is 2.35. The summed E-state index contributed by atoms with van der Waals surface area (Å²) >= 11 is 2.98. The van der Waals surface area contributed by atoms with Gasteiger partial charge in [0.15, 0.2) is 0 Å². The van der Waals surface area contributed by atoms with Gasteiger partial charge in [-0.15, -0.1) is 22.7 Å². The predicted octanol–water partition coefficient (Wildman–Crippen LogP) is 3.24. The molecule has 1 N–H and O–H groups in total. The number of sulfonamides is 1. The smallest absolute Gasteiger partial charge is 0.244 e. The van der Waals surface area contributed by atoms with Crippen molar-refractivity contribution in [3.63, 3.8) is 0 Å². The van der Waals surface area contributed by atoms with Crippen LogP contribution in [0.2, 0.25) is 0 Å². The number of nitrogens with zero attached hydrogens (tertiary/aromatic N) is 3. The van der Waals surface area contributed by atoms with E-state index >= 15 is 0 Å². The zero-order valence-corrected chi connectivity index (χ0v) is 19.8. The molecule has 1 fully saturated rings. The fourth-order valence-corrected chi connectivity index (χ4v) is 7.37. The molecule has 166 valence electrons. The van der Waals surface area contributed by atoms with Crippen LogP contribution >= 0.6 is 22.7 Å². The Hall–Kier alpha value is -2.08. The third kappa shape index (κ3) is 4.89. The second-order valence-electron chi connectivity index (χ2n) is 7.49. The van der Waals surface area contributed by atoms with E-state index in [1.54, 1.807) is 31.3 Å². The van der Waals surface area contributed by atoms with Crippen molar-refractivity contribution in [2.24, 2.45) is 5.92 Å². The maximum Gasteiger partial charge on any atom is 0.244 e. The molecule has 4 rings (SSSR count). The molecule has 0 aliphatic carbocycles. The molecule has 31 heavy (non-hydrogen) atoms. The highest BCUT2D eigenvalue weighted by Crippen LogP contribution is 2.34. The lowest BCUT2D eigenvalue weighted by atomic mass is 9.99. The van der Waals surface area contributed by atoms with Crippen molar-refractivity contribution in [2.75, 3.05) is 19.6 Å². The molecular weight excluding hydrogens is 456 g/mol. The Labute approximate surface area is 189 Å². The third-order valence-electron chi connectivity index (χ3n) is 5.24. The first kappa shape index (κ1) is 22.1. The Kier molecular flexibility index (Phi) is 6.56. The van der Waals surface area contributed by atoms with E-state index in [1.807, 2.05) is 17.5 Å². The number of aromatic nitrogens is 2. The highest BCUT2D eigenvalue weighted by atomic mass is 32.2. The molecule has 0 aromatic carbocycles. The van der Waals surface area contributed by atoms with E-state index in [1.165, 1.54) is 20.5 Å². The number of amides is 1. The minimum atomic E-state index is -3.72. The molecule has 3 aromatic rings. The molecule has 11 heteroatoms. The largest absolute Gasteiger partial charge is 0.355 e. The number of hydrogen-bond donors (Lipinski definition) is 1. The van der Waals surface area contributed by atoms with Crippen LogP contribution < -0.4 is 5.32 Å². The number of carbonyl (C=O) groups is 1. The number of rotatable bonds is 7. The average Bonchev–Trinajstić information content (AvgIpc) is 3.49. The third-order valence-corrected chi connectivity index (χ3v) is 9.35. The molecule has 1 aliphatic rings. The van der Waals surface area contributed by atoms with Crippen LogP contribution in [0.3, 0.4) is 0 Å². The van der Waals surface area contributed by atoms with Crippen molar-refractivity contribution in [3.8, 4) is 10.7 Å². The van der Waals surface area contributed by atoms with Gasteiger partial charge in [0.05, 0.1) is 15.7 Å². The van der Waals surface area contributed by atoms with Crippen LogP contribution in [0, 0.1) is 19.8 Å². The quantitative estimate of drug-likeness (QED) is 0.557. The lowest BCUT2D eigenvalue weighted by Crippen LogP contribution is -2.45. The van der Waals surface area contributed by atoms with Crippen LogP contribution in [0.5, 0.6) is 0 Å². The standard InChI is InChI=1S/C20H24N4O4S3/c1-13-18(11-17(30-13)19-22-14(2)28-23-19)31(26,27)24-9-3-5-15(12-24)20(25)21-8-7-16-6-4-10-29-16/h4,6,10-11,15H,3,5,7-9,12H2,1-2H3,(H,21,25)/t15-/m1/s1. The Morgan fingerprint density at radius 2 is 2.23 bits per heavy atom. The maximum atomic E-state index is 13.3. The minimum Gasteiger partial charge on any atom is -0.355 e. The summed E-state index contributed by atoms with van der Waals surface area (Å²) in [5.74, 6) is 0.384. The van der Waals surface area contributed by atoms with Gasteiger partial charge in [-0.1, -0.05) is 11.2 Å². The Morgan fingerprint density at radius 3 is 2.94 bits per heavy atom. The van der Waals surface area contributed by atoms with E-state index in [4.69, 9.17) is 4.52 Å². The second-order valence-corrected chi connectivity index (χ2v) is 11.7. The first-order valence-corrected chi connectivity index (χ1v) is 13.2. The maximum absolute atomic E-state index is 13.3. The Bertz CT molecular complexity index is 1150. The van der Waals surface area contributed by atoms with Crippen LogP contribution in [-0.4, -0.2) is 48.4 Å². The molecular formula is C20H24N4O4S3. The number of aryl methyl sites for hydroxylation is 2. The van der Waals surface area contributed by atoms with E-state index in [2.05, 4.69) is 15.5 Å². The molecule has 0 bridgehead atoms. The van der Waals surface area contributed by atoms with Gasteiger partial charge in [0.1, 0.15) is 0 Å². The van der Waals surface area contributed by atoms with Crippen molar-refractivity contribution in [1.29, 1.82) is 0 Å². The summed E-state index contributed by atoms with van der Waals surface area (Å²) in [6.45, 7) is 4.62. The summed E-state index contributed by atoms with van der Waals surface area (Å²) in [6.07, 6.45) is 2.12. The molecule has 0 saturated carbocycles. The molecule has 0 unspecified atom stereocenters. The van der Waals surface area contributed by atoms with Gasteiger partial charge < -0.3 is 9.84 Å². The minimum absolute atomic E-state index is 0.0820. The zero-order valence-electron chi connectivity index (χ0n) is 17.3. The summed E-state index contributed by atoms with van der Waals surface area (Å²) in [7, 11) is -3.72. The lowest BCUT2D eigenvalue weighted by molar-refractivity contribution is -0.126. The van der Waals surface area contributed by atoms with Crippen molar-refractivity contribution >= 4 is 38.6 Å². The van der Waals surface area contributed by atoms with Crippen LogP contribution in [0.4, 0.5) is 0 Å².